The summed E-state index contributed by atoms with van der Waals surface area (Å²) in [7, 11) is 0. The highest BCUT2D eigenvalue weighted by Crippen LogP contribution is 2.30. The van der Waals surface area contributed by atoms with Gasteiger partial charge in [0.05, 0.1) is 6.04 Å². The van der Waals surface area contributed by atoms with Gasteiger partial charge in [0.2, 0.25) is 0 Å². The third-order valence-corrected chi connectivity index (χ3v) is 4.05. The summed E-state index contributed by atoms with van der Waals surface area (Å²) in [6.07, 6.45) is 1.08. The van der Waals surface area contributed by atoms with Crippen LogP contribution in [0, 0.1) is 6.92 Å². The number of hydrogen-bond donors (Lipinski definition) is 1. The van der Waals surface area contributed by atoms with E-state index in [0.29, 0.717) is 0 Å². The molecule has 0 saturated heterocycles. The van der Waals surface area contributed by atoms with Crippen molar-refractivity contribution < 1.29 is 0 Å². The molecule has 1 N–H and O–H groups in total. The first-order valence-electron chi connectivity index (χ1n) is 6.87. The van der Waals surface area contributed by atoms with Crippen molar-refractivity contribution in [3.05, 3.63) is 69.2 Å². The lowest BCUT2D eigenvalue weighted by Crippen LogP contribution is -2.24. The van der Waals surface area contributed by atoms with Gasteiger partial charge in [0, 0.05) is 10.0 Å². The van der Waals surface area contributed by atoms with E-state index in [1.54, 1.807) is 0 Å². The highest BCUT2D eigenvalue weighted by atomic mass is 35.5. The summed E-state index contributed by atoms with van der Waals surface area (Å²) < 4.78 is 0. The quantitative estimate of drug-likeness (QED) is 0.780. The van der Waals surface area contributed by atoms with Crippen molar-refractivity contribution in [1.29, 1.82) is 0 Å². The molecule has 0 aromatic heterocycles. The number of hydrogen-bond acceptors (Lipinski definition) is 1. The minimum atomic E-state index is 0.118. The first kappa shape index (κ1) is 15.4. The van der Waals surface area contributed by atoms with Gasteiger partial charge in [-0.05, 0) is 54.8 Å². The van der Waals surface area contributed by atoms with Crippen molar-refractivity contribution in [2.24, 2.45) is 0 Å². The molecule has 20 heavy (non-hydrogen) atoms. The highest BCUT2D eigenvalue weighted by Gasteiger charge is 2.16. The summed E-state index contributed by atoms with van der Waals surface area (Å²) >= 11 is 12.4. The Hall–Kier alpha value is -1.02. The normalized spacial score (nSPS) is 12.4. The third-order valence-electron chi connectivity index (χ3n) is 3.40. The van der Waals surface area contributed by atoms with E-state index in [2.05, 4.69) is 31.3 Å². The van der Waals surface area contributed by atoms with Crippen LogP contribution in [0.4, 0.5) is 0 Å². The smallest absolute Gasteiger partial charge is 0.0580 e. The fourth-order valence-corrected chi connectivity index (χ4v) is 2.70. The van der Waals surface area contributed by atoms with Crippen LogP contribution in [-0.2, 0) is 0 Å². The molecule has 0 heterocycles. The van der Waals surface area contributed by atoms with Gasteiger partial charge in [0.25, 0.3) is 0 Å². The van der Waals surface area contributed by atoms with Crippen LogP contribution in [0.5, 0.6) is 0 Å². The van der Waals surface area contributed by atoms with Crippen LogP contribution < -0.4 is 5.32 Å². The summed E-state index contributed by atoms with van der Waals surface area (Å²) in [6.45, 7) is 5.17. The molecule has 0 radical (unpaired) electrons. The Bertz CT molecular complexity index is 581. The van der Waals surface area contributed by atoms with Crippen molar-refractivity contribution >= 4 is 23.2 Å². The molecular weight excluding hydrogens is 289 g/mol. The molecule has 2 rings (SSSR count). The number of nitrogens with one attached hydrogen (secondary N) is 1. The summed E-state index contributed by atoms with van der Waals surface area (Å²) in [5, 5.41) is 5.13. The molecule has 1 nitrogen and oxygen atoms in total. The van der Waals surface area contributed by atoms with E-state index in [4.69, 9.17) is 23.2 Å². The minimum absolute atomic E-state index is 0.118. The molecular formula is C17H19Cl2N. The maximum Gasteiger partial charge on any atom is 0.0580 e. The van der Waals surface area contributed by atoms with Gasteiger partial charge in [-0.25, -0.2) is 0 Å². The number of benzene rings is 2. The van der Waals surface area contributed by atoms with E-state index in [1.807, 2.05) is 30.3 Å². The molecule has 2 aromatic rings. The molecule has 1 atom stereocenters. The average Bonchev–Trinajstić information content (AvgIpc) is 2.44. The highest BCUT2D eigenvalue weighted by molar-refractivity contribution is 6.31. The van der Waals surface area contributed by atoms with Gasteiger partial charge in [0.1, 0.15) is 0 Å². The zero-order valence-corrected chi connectivity index (χ0v) is 13.3. The van der Waals surface area contributed by atoms with Crippen LogP contribution in [-0.4, -0.2) is 6.54 Å². The summed E-state index contributed by atoms with van der Waals surface area (Å²) in [6, 6.07) is 14.1. The van der Waals surface area contributed by atoms with Crippen molar-refractivity contribution in [2.75, 3.05) is 6.54 Å². The summed E-state index contributed by atoms with van der Waals surface area (Å²) in [5.74, 6) is 0. The van der Waals surface area contributed by atoms with E-state index in [-0.39, 0.29) is 6.04 Å². The van der Waals surface area contributed by atoms with Crippen molar-refractivity contribution in [3.8, 4) is 0 Å². The van der Waals surface area contributed by atoms with Crippen LogP contribution in [0.2, 0.25) is 10.0 Å². The van der Waals surface area contributed by atoms with E-state index < -0.39 is 0 Å². The first-order chi connectivity index (χ1) is 9.63. The van der Waals surface area contributed by atoms with Crippen molar-refractivity contribution in [2.45, 2.75) is 26.3 Å². The molecule has 0 amide bonds. The molecule has 2 aromatic carbocycles. The zero-order valence-electron chi connectivity index (χ0n) is 11.8. The topological polar surface area (TPSA) is 12.0 Å². The maximum absolute atomic E-state index is 6.26. The van der Waals surface area contributed by atoms with Crippen LogP contribution in [0.25, 0.3) is 0 Å². The second kappa shape index (κ2) is 7.12. The molecule has 0 aliphatic heterocycles. The lowest BCUT2D eigenvalue weighted by molar-refractivity contribution is 0.596. The lowest BCUT2D eigenvalue weighted by Gasteiger charge is -2.22. The first-order valence-corrected chi connectivity index (χ1v) is 7.63. The third kappa shape index (κ3) is 3.54. The molecule has 1 unspecified atom stereocenters. The van der Waals surface area contributed by atoms with Gasteiger partial charge < -0.3 is 5.32 Å². The van der Waals surface area contributed by atoms with Gasteiger partial charge in [-0.1, -0.05) is 54.4 Å². The molecule has 0 bridgehead atoms. The Kier molecular flexibility index (Phi) is 5.47. The van der Waals surface area contributed by atoms with E-state index in [0.717, 1.165) is 34.1 Å². The van der Waals surface area contributed by atoms with Crippen LogP contribution in [0.3, 0.4) is 0 Å². The van der Waals surface area contributed by atoms with Crippen molar-refractivity contribution in [1.82, 2.24) is 5.32 Å². The van der Waals surface area contributed by atoms with E-state index in [9.17, 15) is 0 Å². The maximum atomic E-state index is 6.26. The van der Waals surface area contributed by atoms with Crippen molar-refractivity contribution in [3.63, 3.8) is 0 Å². The Morgan fingerprint density at radius 2 is 1.85 bits per heavy atom. The Labute approximate surface area is 130 Å². The predicted octanol–water partition coefficient (Wildman–Crippen LogP) is 5.39. The molecule has 3 heteroatoms. The van der Waals surface area contributed by atoms with Crippen LogP contribution >= 0.6 is 23.2 Å². The molecule has 0 saturated carbocycles. The van der Waals surface area contributed by atoms with Gasteiger partial charge in [-0.2, -0.15) is 0 Å². The molecule has 0 aliphatic rings. The lowest BCUT2D eigenvalue weighted by atomic mass is 9.95. The van der Waals surface area contributed by atoms with Gasteiger partial charge >= 0.3 is 0 Å². The Balaban J connectivity index is 2.44. The Morgan fingerprint density at radius 1 is 1.10 bits per heavy atom. The minimum Gasteiger partial charge on any atom is -0.306 e. The monoisotopic (exact) mass is 307 g/mol. The van der Waals surface area contributed by atoms with Gasteiger partial charge in [-0.3, -0.25) is 0 Å². The standard InChI is InChI=1S/C17H19Cl2N/c1-3-10-20-17(13-6-4-7-14(18)11-13)15-8-5-9-16(19)12(15)2/h4-9,11,17,20H,3,10H2,1-2H3. The second-order valence-corrected chi connectivity index (χ2v) is 5.74. The molecule has 106 valence electrons. The average molecular weight is 308 g/mol. The molecule has 0 spiro atoms. The second-order valence-electron chi connectivity index (χ2n) is 4.90. The van der Waals surface area contributed by atoms with Crippen LogP contribution in [0.15, 0.2) is 42.5 Å². The summed E-state index contributed by atoms with van der Waals surface area (Å²) in [5.41, 5.74) is 3.48. The fraction of sp³-hybridized carbons (Fsp3) is 0.294. The molecule has 0 aliphatic carbocycles. The van der Waals surface area contributed by atoms with E-state index in [1.165, 1.54) is 5.56 Å². The number of halogens is 2. The van der Waals surface area contributed by atoms with E-state index >= 15 is 0 Å². The molecule has 0 fully saturated rings. The largest absolute Gasteiger partial charge is 0.306 e. The van der Waals surface area contributed by atoms with Crippen LogP contribution in [0.1, 0.15) is 36.1 Å². The summed E-state index contributed by atoms with van der Waals surface area (Å²) in [4.78, 5) is 0. The van der Waals surface area contributed by atoms with Gasteiger partial charge in [-0.15, -0.1) is 0 Å². The zero-order chi connectivity index (χ0) is 14.5. The fourth-order valence-electron chi connectivity index (χ4n) is 2.32. The predicted molar refractivity (Wildman–Crippen MR) is 87.8 cm³/mol. The Morgan fingerprint density at radius 3 is 2.55 bits per heavy atom. The SMILES string of the molecule is CCCNC(c1cccc(Cl)c1)c1cccc(Cl)c1C. The van der Waals surface area contributed by atoms with Gasteiger partial charge in [0.15, 0.2) is 0 Å². The number of rotatable bonds is 5.